The van der Waals surface area contributed by atoms with Gasteiger partial charge in [-0.2, -0.15) is 0 Å². The van der Waals surface area contributed by atoms with Gasteiger partial charge in [-0.25, -0.2) is 0 Å². The van der Waals surface area contributed by atoms with Gasteiger partial charge >= 0.3 is 0 Å². The number of benzene rings is 1. The second kappa shape index (κ2) is 9.05. The molecule has 0 fully saturated rings. The van der Waals surface area contributed by atoms with Gasteiger partial charge in [0.25, 0.3) is 0 Å². The highest BCUT2D eigenvalue weighted by Gasteiger charge is 2.09. The predicted octanol–water partition coefficient (Wildman–Crippen LogP) is 5.30. The summed E-state index contributed by atoms with van der Waals surface area (Å²) < 4.78 is 5.12. The lowest BCUT2D eigenvalue weighted by molar-refractivity contribution is 0.181. The van der Waals surface area contributed by atoms with Gasteiger partial charge in [-0.3, -0.25) is 4.98 Å². The van der Waals surface area contributed by atoms with E-state index in [4.69, 9.17) is 16.3 Å². The largest absolute Gasteiger partial charge is 0.383 e. The lowest BCUT2D eigenvalue weighted by atomic mass is 9.97. The Hall–Kier alpha value is -1.58. The number of nitrogens with one attached hydrogen (secondary N) is 1. The Bertz CT molecular complexity index is 641. The third-order valence-electron chi connectivity index (χ3n) is 4.11. The molecule has 0 aliphatic heterocycles. The smallest absolute Gasteiger partial charge is 0.0900 e. The Labute approximate surface area is 150 Å². The average Bonchev–Trinajstić information content (AvgIpc) is 2.56. The summed E-state index contributed by atoms with van der Waals surface area (Å²) >= 11 is 6.37. The topological polar surface area (TPSA) is 34.1 Å². The molecule has 0 bridgehead atoms. The summed E-state index contributed by atoms with van der Waals surface area (Å²) in [6.45, 7) is 7.97. The zero-order valence-corrected chi connectivity index (χ0v) is 15.7. The molecule has 1 aromatic heterocycles. The van der Waals surface area contributed by atoms with Gasteiger partial charge in [0.05, 0.1) is 23.0 Å². The molecule has 1 unspecified atom stereocenters. The normalized spacial score (nSPS) is 12.4. The maximum Gasteiger partial charge on any atom is 0.0900 e. The van der Waals surface area contributed by atoms with Gasteiger partial charge in [0.1, 0.15) is 0 Å². The van der Waals surface area contributed by atoms with Crippen LogP contribution in [0.2, 0.25) is 5.02 Å². The first-order chi connectivity index (χ1) is 11.5. The molecule has 0 radical (unpaired) electrons. The van der Waals surface area contributed by atoms with Gasteiger partial charge in [-0.1, -0.05) is 56.6 Å². The number of methoxy groups -OCH3 is 1. The van der Waals surface area contributed by atoms with Gasteiger partial charge < -0.3 is 10.1 Å². The first kappa shape index (κ1) is 18.8. The summed E-state index contributed by atoms with van der Waals surface area (Å²) in [5.41, 5.74) is 4.44. The molecule has 0 aliphatic carbocycles. The minimum atomic E-state index is 0.423. The number of halogens is 1. The summed E-state index contributed by atoms with van der Waals surface area (Å²) in [7, 11) is 1.64. The van der Waals surface area contributed by atoms with Crippen molar-refractivity contribution in [3.8, 4) is 0 Å². The second-order valence-electron chi connectivity index (χ2n) is 6.64. The van der Waals surface area contributed by atoms with E-state index < -0.39 is 0 Å². The molecule has 2 aromatic rings. The summed E-state index contributed by atoms with van der Waals surface area (Å²) in [6.07, 6.45) is 2.80. The fourth-order valence-electron chi connectivity index (χ4n) is 2.66. The minimum Gasteiger partial charge on any atom is -0.383 e. The molecule has 130 valence electrons. The number of nitrogens with zero attached hydrogens (tertiary/aromatic N) is 1. The van der Waals surface area contributed by atoms with Crippen molar-refractivity contribution >= 4 is 17.3 Å². The zero-order valence-electron chi connectivity index (χ0n) is 15.0. The SMILES string of the molecule is COCc1nccc(NCC(C)Cc2ccc(C(C)C)cc2)c1Cl. The molecule has 1 N–H and O–H groups in total. The van der Waals surface area contributed by atoms with Crippen LogP contribution in [0.5, 0.6) is 0 Å². The molecule has 3 nitrogen and oxygen atoms in total. The van der Waals surface area contributed by atoms with Crippen molar-refractivity contribution in [2.45, 2.75) is 39.7 Å². The van der Waals surface area contributed by atoms with E-state index in [1.807, 2.05) is 6.07 Å². The summed E-state index contributed by atoms with van der Waals surface area (Å²) in [5, 5.41) is 4.08. The van der Waals surface area contributed by atoms with E-state index in [0.29, 0.717) is 23.5 Å². The third-order valence-corrected chi connectivity index (χ3v) is 4.54. The number of ether oxygens (including phenoxy) is 1. The number of aromatic nitrogens is 1. The molecule has 24 heavy (non-hydrogen) atoms. The van der Waals surface area contributed by atoms with Crippen LogP contribution in [-0.2, 0) is 17.8 Å². The van der Waals surface area contributed by atoms with Crippen LogP contribution in [0.15, 0.2) is 36.5 Å². The first-order valence-electron chi connectivity index (χ1n) is 8.46. The molecular weight excluding hydrogens is 320 g/mol. The Morgan fingerprint density at radius 3 is 2.46 bits per heavy atom. The zero-order chi connectivity index (χ0) is 17.5. The van der Waals surface area contributed by atoms with Crippen LogP contribution in [-0.4, -0.2) is 18.6 Å². The van der Waals surface area contributed by atoms with Crippen LogP contribution in [0.4, 0.5) is 5.69 Å². The summed E-state index contributed by atoms with van der Waals surface area (Å²) in [5.74, 6) is 1.08. The maximum atomic E-state index is 6.37. The minimum absolute atomic E-state index is 0.423. The van der Waals surface area contributed by atoms with Gasteiger partial charge in [0.2, 0.25) is 0 Å². The van der Waals surface area contributed by atoms with Crippen LogP contribution in [0.1, 0.15) is 43.5 Å². The van der Waals surface area contributed by atoms with Crippen molar-refractivity contribution in [3.05, 3.63) is 58.4 Å². The Balaban J connectivity index is 1.91. The fraction of sp³-hybridized carbons (Fsp3) is 0.450. The van der Waals surface area contributed by atoms with E-state index >= 15 is 0 Å². The molecule has 0 saturated carbocycles. The molecule has 1 aromatic carbocycles. The van der Waals surface area contributed by atoms with Crippen molar-refractivity contribution < 1.29 is 4.74 Å². The first-order valence-corrected chi connectivity index (χ1v) is 8.84. The highest BCUT2D eigenvalue weighted by Crippen LogP contribution is 2.25. The van der Waals surface area contributed by atoms with E-state index in [9.17, 15) is 0 Å². The van der Waals surface area contributed by atoms with Crippen LogP contribution < -0.4 is 5.32 Å². The summed E-state index contributed by atoms with van der Waals surface area (Å²) in [6, 6.07) is 10.9. The fourth-order valence-corrected chi connectivity index (χ4v) is 2.89. The number of pyridine rings is 1. The van der Waals surface area contributed by atoms with E-state index in [1.54, 1.807) is 13.3 Å². The van der Waals surface area contributed by atoms with Crippen molar-refractivity contribution in [1.29, 1.82) is 0 Å². The van der Waals surface area contributed by atoms with Gasteiger partial charge in [0.15, 0.2) is 0 Å². The number of hydrogen-bond acceptors (Lipinski definition) is 3. The molecule has 1 atom stereocenters. The summed E-state index contributed by atoms with van der Waals surface area (Å²) in [4.78, 5) is 4.25. The number of hydrogen-bond donors (Lipinski definition) is 1. The quantitative estimate of drug-likeness (QED) is 0.704. The van der Waals surface area contributed by atoms with E-state index in [-0.39, 0.29) is 0 Å². The van der Waals surface area contributed by atoms with Gasteiger partial charge in [-0.15, -0.1) is 0 Å². The molecule has 2 rings (SSSR count). The lowest BCUT2D eigenvalue weighted by Crippen LogP contribution is -2.14. The van der Waals surface area contributed by atoms with E-state index in [0.717, 1.165) is 24.3 Å². The highest BCUT2D eigenvalue weighted by molar-refractivity contribution is 6.33. The molecule has 0 amide bonds. The van der Waals surface area contributed by atoms with Crippen LogP contribution in [0, 0.1) is 5.92 Å². The number of anilines is 1. The third kappa shape index (κ3) is 5.22. The highest BCUT2D eigenvalue weighted by atomic mass is 35.5. The Kier molecular flexibility index (Phi) is 7.07. The molecule has 1 heterocycles. The molecule has 0 aliphatic rings. The van der Waals surface area contributed by atoms with Crippen LogP contribution in [0.3, 0.4) is 0 Å². The van der Waals surface area contributed by atoms with Crippen molar-refractivity contribution in [1.82, 2.24) is 4.98 Å². The van der Waals surface area contributed by atoms with Crippen molar-refractivity contribution in [2.24, 2.45) is 5.92 Å². The number of rotatable bonds is 8. The molecule has 0 spiro atoms. The molecule has 4 heteroatoms. The monoisotopic (exact) mass is 346 g/mol. The lowest BCUT2D eigenvalue weighted by Gasteiger charge is -2.16. The van der Waals surface area contributed by atoms with E-state index in [1.165, 1.54) is 11.1 Å². The van der Waals surface area contributed by atoms with Gasteiger partial charge in [0, 0.05) is 19.9 Å². The predicted molar refractivity (Wildman–Crippen MR) is 102 cm³/mol. The maximum absolute atomic E-state index is 6.37. The van der Waals surface area contributed by atoms with Crippen LogP contribution in [0.25, 0.3) is 0 Å². The Morgan fingerprint density at radius 1 is 1.12 bits per heavy atom. The molecular formula is C20H27ClN2O. The molecule has 0 saturated heterocycles. The van der Waals surface area contributed by atoms with Crippen molar-refractivity contribution in [2.75, 3.05) is 19.0 Å². The Morgan fingerprint density at radius 2 is 1.83 bits per heavy atom. The van der Waals surface area contributed by atoms with E-state index in [2.05, 4.69) is 55.3 Å². The second-order valence-corrected chi connectivity index (χ2v) is 7.02. The van der Waals surface area contributed by atoms with Gasteiger partial charge in [-0.05, 0) is 35.4 Å². The standard InChI is InChI=1S/C20H27ClN2O/c1-14(2)17-7-5-16(6-8-17)11-15(3)12-23-18-9-10-22-19(13-24-4)20(18)21/h5-10,14-15H,11-13H2,1-4H3,(H,22,23). The average molecular weight is 347 g/mol. The van der Waals surface area contributed by atoms with Crippen molar-refractivity contribution in [3.63, 3.8) is 0 Å². The van der Waals surface area contributed by atoms with Crippen LogP contribution >= 0.6 is 11.6 Å².